The standard InChI is InChI=1S/C18H14N6O2S2/c1-10-11(2)27-18(22-10)23-16-15(24(25)26)17(21-9-20-16)28-13-7-3-5-12-6-4-8-19-14(12)13/h3-9H,1-2H3,(H,20,21,22,23). The predicted molar refractivity (Wildman–Crippen MR) is 109 cm³/mol. The zero-order chi connectivity index (χ0) is 19.7. The summed E-state index contributed by atoms with van der Waals surface area (Å²) < 4.78 is 0. The molecule has 0 fully saturated rings. The van der Waals surface area contributed by atoms with Gasteiger partial charge in [0.05, 0.1) is 16.1 Å². The van der Waals surface area contributed by atoms with Crippen molar-refractivity contribution in [2.75, 3.05) is 5.32 Å². The number of hydrogen-bond donors (Lipinski definition) is 1. The first kappa shape index (κ1) is 18.3. The molecule has 0 aliphatic rings. The summed E-state index contributed by atoms with van der Waals surface area (Å²) in [4.78, 5) is 30.1. The Hall–Kier alpha value is -3.11. The van der Waals surface area contributed by atoms with Crippen LogP contribution in [0, 0.1) is 24.0 Å². The summed E-state index contributed by atoms with van der Waals surface area (Å²) in [5.74, 6) is 0.115. The average Bonchev–Trinajstić information content (AvgIpc) is 2.99. The number of para-hydroxylation sites is 1. The van der Waals surface area contributed by atoms with Crippen LogP contribution in [0.25, 0.3) is 10.9 Å². The van der Waals surface area contributed by atoms with Crippen molar-refractivity contribution in [3.05, 3.63) is 63.5 Å². The predicted octanol–water partition coefficient (Wildman–Crippen LogP) is 4.90. The molecule has 0 amide bonds. The van der Waals surface area contributed by atoms with Crippen LogP contribution in [-0.2, 0) is 0 Å². The minimum Gasteiger partial charge on any atom is -0.310 e. The van der Waals surface area contributed by atoms with Gasteiger partial charge >= 0.3 is 5.69 Å². The number of hydrogen-bond acceptors (Lipinski definition) is 9. The maximum absolute atomic E-state index is 11.8. The topological polar surface area (TPSA) is 107 Å². The highest BCUT2D eigenvalue weighted by Crippen LogP contribution is 2.39. The van der Waals surface area contributed by atoms with E-state index >= 15 is 0 Å². The second-order valence-electron chi connectivity index (χ2n) is 5.85. The van der Waals surface area contributed by atoms with E-state index in [1.165, 1.54) is 29.4 Å². The quantitative estimate of drug-likeness (QED) is 0.281. The molecule has 0 saturated carbocycles. The molecule has 10 heteroatoms. The molecule has 0 atom stereocenters. The normalized spacial score (nSPS) is 10.9. The molecule has 140 valence electrons. The van der Waals surface area contributed by atoms with Crippen LogP contribution in [0.3, 0.4) is 0 Å². The third kappa shape index (κ3) is 3.51. The average molecular weight is 410 g/mol. The van der Waals surface area contributed by atoms with Crippen LogP contribution in [0.4, 0.5) is 16.6 Å². The number of anilines is 2. The summed E-state index contributed by atoms with van der Waals surface area (Å²) in [6.07, 6.45) is 3.00. The highest BCUT2D eigenvalue weighted by atomic mass is 32.2. The van der Waals surface area contributed by atoms with Crippen molar-refractivity contribution in [2.45, 2.75) is 23.8 Å². The van der Waals surface area contributed by atoms with Gasteiger partial charge in [0.2, 0.25) is 5.82 Å². The monoisotopic (exact) mass is 410 g/mol. The van der Waals surface area contributed by atoms with E-state index in [9.17, 15) is 10.1 Å². The third-order valence-electron chi connectivity index (χ3n) is 4.03. The van der Waals surface area contributed by atoms with Crippen molar-refractivity contribution in [3.8, 4) is 0 Å². The van der Waals surface area contributed by atoms with Gasteiger partial charge in [-0.05, 0) is 26.0 Å². The lowest BCUT2D eigenvalue weighted by atomic mass is 10.2. The Morgan fingerprint density at radius 1 is 1.14 bits per heavy atom. The molecule has 1 aromatic carbocycles. The van der Waals surface area contributed by atoms with E-state index in [1.54, 1.807) is 6.20 Å². The van der Waals surface area contributed by atoms with E-state index in [1.807, 2.05) is 44.2 Å². The summed E-state index contributed by atoms with van der Waals surface area (Å²) in [6.45, 7) is 3.83. The Labute approximate surface area is 168 Å². The number of aryl methyl sites for hydroxylation is 2. The molecule has 0 unspecified atom stereocenters. The van der Waals surface area contributed by atoms with Crippen LogP contribution in [0.15, 0.2) is 52.8 Å². The fourth-order valence-corrected chi connectivity index (χ4v) is 4.39. The van der Waals surface area contributed by atoms with Crippen molar-refractivity contribution in [1.82, 2.24) is 19.9 Å². The van der Waals surface area contributed by atoms with Crippen LogP contribution >= 0.6 is 23.1 Å². The van der Waals surface area contributed by atoms with Gasteiger partial charge in [0.15, 0.2) is 10.2 Å². The highest BCUT2D eigenvalue weighted by Gasteiger charge is 2.25. The molecule has 0 bridgehead atoms. The van der Waals surface area contributed by atoms with E-state index in [-0.39, 0.29) is 16.5 Å². The minimum atomic E-state index is -0.476. The maximum Gasteiger partial charge on any atom is 0.344 e. The van der Waals surface area contributed by atoms with Crippen molar-refractivity contribution < 1.29 is 4.92 Å². The van der Waals surface area contributed by atoms with Gasteiger partial charge in [0, 0.05) is 21.4 Å². The second kappa shape index (κ2) is 7.49. The van der Waals surface area contributed by atoms with Crippen molar-refractivity contribution in [1.29, 1.82) is 0 Å². The zero-order valence-electron chi connectivity index (χ0n) is 14.9. The number of benzene rings is 1. The molecular formula is C18H14N6O2S2. The van der Waals surface area contributed by atoms with Gasteiger partial charge in [0.25, 0.3) is 0 Å². The lowest BCUT2D eigenvalue weighted by molar-refractivity contribution is -0.387. The zero-order valence-corrected chi connectivity index (χ0v) is 16.5. The molecule has 0 spiro atoms. The molecule has 4 rings (SSSR count). The molecule has 3 heterocycles. The summed E-state index contributed by atoms with van der Waals surface area (Å²) in [5.41, 5.74) is 1.45. The number of pyridine rings is 1. The summed E-state index contributed by atoms with van der Waals surface area (Å²) in [5, 5.41) is 16.5. The summed E-state index contributed by atoms with van der Waals surface area (Å²) in [6, 6.07) is 9.50. The maximum atomic E-state index is 11.8. The SMILES string of the molecule is Cc1nc(Nc2ncnc(Sc3cccc4cccnc34)c2[N+](=O)[O-])sc1C. The number of nitro groups is 1. The number of nitrogens with one attached hydrogen (secondary N) is 1. The molecule has 0 aliphatic heterocycles. The molecule has 8 nitrogen and oxygen atoms in total. The van der Waals surface area contributed by atoms with E-state index in [0.717, 1.165) is 26.4 Å². The van der Waals surface area contributed by atoms with Crippen LogP contribution in [-0.4, -0.2) is 24.9 Å². The molecule has 0 aliphatic carbocycles. The van der Waals surface area contributed by atoms with Crippen LogP contribution in [0.5, 0.6) is 0 Å². The number of aromatic nitrogens is 4. The Kier molecular flexibility index (Phi) is 4.88. The lowest BCUT2D eigenvalue weighted by Gasteiger charge is -2.08. The molecule has 1 N–H and O–H groups in total. The summed E-state index contributed by atoms with van der Waals surface area (Å²) in [7, 11) is 0. The molecular weight excluding hydrogens is 396 g/mol. The smallest absolute Gasteiger partial charge is 0.310 e. The molecule has 28 heavy (non-hydrogen) atoms. The summed E-state index contributed by atoms with van der Waals surface area (Å²) >= 11 is 2.61. The Bertz CT molecular complexity index is 1170. The number of thiazole rings is 1. The van der Waals surface area contributed by atoms with E-state index in [4.69, 9.17) is 0 Å². The Balaban J connectivity index is 1.75. The highest BCUT2D eigenvalue weighted by molar-refractivity contribution is 7.99. The third-order valence-corrected chi connectivity index (χ3v) is 6.06. The largest absolute Gasteiger partial charge is 0.344 e. The molecule has 4 aromatic rings. The first-order valence-electron chi connectivity index (χ1n) is 8.25. The van der Waals surface area contributed by atoms with Gasteiger partial charge in [-0.2, -0.15) is 0 Å². The van der Waals surface area contributed by atoms with E-state index in [0.29, 0.717) is 5.13 Å². The van der Waals surface area contributed by atoms with Gasteiger partial charge in [-0.15, -0.1) is 11.3 Å². The number of rotatable bonds is 5. The molecule has 0 radical (unpaired) electrons. The van der Waals surface area contributed by atoms with Gasteiger partial charge in [-0.1, -0.05) is 30.0 Å². The first-order valence-corrected chi connectivity index (χ1v) is 9.88. The Morgan fingerprint density at radius 2 is 1.96 bits per heavy atom. The number of nitrogens with zero attached hydrogens (tertiary/aromatic N) is 5. The van der Waals surface area contributed by atoms with E-state index in [2.05, 4.69) is 25.3 Å². The first-order chi connectivity index (χ1) is 13.5. The molecule has 3 aromatic heterocycles. The lowest BCUT2D eigenvalue weighted by Crippen LogP contribution is -2.02. The van der Waals surface area contributed by atoms with E-state index < -0.39 is 4.92 Å². The second-order valence-corrected chi connectivity index (χ2v) is 8.09. The Morgan fingerprint density at radius 3 is 2.71 bits per heavy atom. The van der Waals surface area contributed by atoms with Crippen LogP contribution in [0.1, 0.15) is 10.6 Å². The molecule has 0 saturated heterocycles. The van der Waals surface area contributed by atoms with Crippen LogP contribution < -0.4 is 5.32 Å². The van der Waals surface area contributed by atoms with Gasteiger partial charge < -0.3 is 5.32 Å². The fourth-order valence-electron chi connectivity index (χ4n) is 2.58. The fraction of sp³-hybridized carbons (Fsp3) is 0.111. The number of fused-ring (bicyclic) bond motifs is 1. The van der Waals surface area contributed by atoms with Crippen LogP contribution in [0.2, 0.25) is 0 Å². The van der Waals surface area contributed by atoms with Crippen molar-refractivity contribution in [3.63, 3.8) is 0 Å². The van der Waals surface area contributed by atoms with Crippen molar-refractivity contribution in [2.24, 2.45) is 0 Å². The van der Waals surface area contributed by atoms with Gasteiger partial charge in [0.1, 0.15) is 6.33 Å². The van der Waals surface area contributed by atoms with Crippen molar-refractivity contribution >= 4 is 50.6 Å². The minimum absolute atomic E-state index is 0.115. The van der Waals surface area contributed by atoms with Gasteiger partial charge in [-0.3, -0.25) is 15.1 Å². The van der Waals surface area contributed by atoms with Gasteiger partial charge in [-0.25, -0.2) is 15.0 Å².